The molecule has 3 heterocycles. The van der Waals surface area contributed by atoms with Crippen LogP contribution in [-0.4, -0.2) is 34.6 Å². The third-order valence-electron chi connectivity index (χ3n) is 4.73. The Bertz CT molecular complexity index is 1050. The summed E-state index contributed by atoms with van der Waals surface area (Å²) in [5.41, 5.74) is 2.50. The van der Waals surface area contributed by atoms with Gasteiger partial charge in [0.05, 0.1) is 17.5 Å². The van der Waals surface area contributed by atoms with Crippen LogP contribution in [0.4, 0.5) is 11.4 Å². The fourth-order valence-electron chi connectivity index (χ4n) is 3.31. The lowest BCUT2D eigenvalue weighted by Gasteiger charge is -2.16. The van der Waals surface area contributed by atoms with Gasteiger partial charge in [0.2, 0.25) is 5.91 Å². The molecule has 2 amide bonds. The van der Waals surface area contributed by atoms with Gasteiger partial charge in [-0.15, -0.1) is 11.8 Å². The first-order valence-electron chi connectivity index (χ1n) is 9.25. The fraction of sp³-hybridized carbons (Fsp3) is 0.238. The predicted molar refractivity (Wildman–Crippen MR) is 112 cm³/mol. The lowest BCUT2D eigenvalue weighted by Crippen LogP contribution is -2.23. The lowest BCUT2D eigenvalue weighted by atomic mass is 10.2. The largest absolute Gasteiger partial charge is 0.461 e. The quantitative estimate of drug-likeness (QED) is 0.504. The highest BCUT2D eigenvalue weighted by molar-refractivity contribution is 7.98. The minimum atomic E-state index is -0.275. The first-order chi connectivity index (χ1) is 14.1. The van der Waals surface area contributed by atoms with Crippen molar-refractivity contribution in [3.8, 4) is 11.6 Å². The van der Waals surface area contributed by atoms with E-state index in [9.17, 15) is 9.59 Å². The molecule has 1 aromatic carbocycles. The number of nitrogens with zero attached hydrogens (tertiary/aromatic N) is 3. The molecule has 0 radical (unpaired) electrons. The summed E-state index contributed by atoms with van der Waals surface area (Å²) in [5.74, 6) is 0.870. The third-order valence-corrected chi connectivity index (χ3v) is 5.41. The zero-order valence-corrected chi connectivity index (χ0v) is 17.0. The van der Waals surface area contributed by atoms with E-state index in [1.807, 2.05) is 18.4 Å². The zero-order valence-electron chi connectivity index (χ0n) is 16.1. The van der Waals surface area contributed by atoms with Gasteiger partial charge in [0.15, 0.2) is 11.6 Å². The zero-order chi connectivity index (χ0) is 20.4. The van der Waals surface area contributed by atoms with Crippen molar-refractivity contribution in [1.29, 1.82) is 0 Å². The summed E-state index contributed by atoms with van der Waals surface area (Å²) >= 11 is 1.38. The van der Waals surface area contributed by atoms with Gasteiger partial charge in [0.25, 0.3) is 5.91 Å². The number of nitrogens with one attached hydrogen (secondary N) is 1. The fourth-order valence-corrected chi connectivity index (χ4v) is 3.93. The molecule has 7 nitrogen and oxygen atoms in total. The van der Waals surface area contributed by atoms with E-state index in [-0.39, 0.29) is 11.8 Å². The number of amides is 2. The van der Waals surface area contributed by atoms with Crippen molar-refractivity contribution in [2.45, 2.75) is 24.8 Å². The van der Waals surface area contributed by atoms with Crippen LogP contribution in [0.15, 0.2) is 52.1 Å². The molecule has 2 aromatic heterocycles. The third kappa shape index (κ3) is 3.88. The summed E-state index contributed by atoms with van der Waals surface area (Å²) < 4.78 is 5.37. The molecule has 1 aliphatic heterocycles. The SMILES string of the molecule is CSc1nc(-c2ccco2)nc(C)c1C(=O)Nc1ccc(N2CCCC2=O)cc1. The van der Waals surface area contributed by atoms with Crippen LogP contribution in [0.25, 0.3) is 11.6 Å². The minimum absolute atomic E-state index is 0.135. The average Bonchev–Trinajstić information content (AvgIpc) is 3.39. The Morgan fingerprint density at radius 2 is 2.00 bits per heavy atom. The van der Waals surface area contributed by atoms with Gasteiger partial charge in [-0.2, -0.15) is 0 Å². The Morgan fingerprint density at radius 1 is 1.21 bits per heavy atom. The van der Waals surface area contributed by atoms with Crippen LogP contribution in [0.2, 0.25) is 0 Å². The molecule has 0 aliphatic carbocycles. The molecule has 4 rings (SSSR count). The number of hydrogen-bond donors (Lipinski definition) is 1. The van der Waals surface area contributed by atoms with Gasteiger partial charge in [-0.05, 0) is 56.0 Å². The number of hydrogen-bond acceptors (Lipinski definition) is 6. The Balaban J connectivity index is 1.56. The highest BCUT2D eigenvalue weighted by atomic mass is 32.2. The lowest BCUT2D eigenvalue weighted by molar-refractivity contribution is -0.117. The van der Waals surface area contributed by atoms with Crippen molar-refractivity contribution in [3.05, 3.63) is 53.9 Å². The molecule has 1 saturated heterocycles. The molecule has 0 unspecified atom stereocenters. The molecule has 1 fully saturated rings. The summed E-state index contributed by atoms with van der Waals surface area (Å²) in [6, 6.07) is 10.8. The van der Waals surface area contributed by atoms with Crippen LogP contribution >= 0.6 is 11.8 Å². The van der Waals surface area contributed by atoms with Crippen LogP contribution in [0.5, 0.6) is 0 Å². The number of aromatic nitrogens is 2. The highest BCUT2D eigenvalue weighted by Gasteiger charge is 2.22. The van der Waals surface area contributed by atoms with Crippen molar-refractivity contribution >= 4 is 35.0 Å². The Labute approximate surface area is 172 Å². The van der Waals surface area contributed by atoms with Gasteiger partial charge in [0, 0.05) is 24.3 Å². The molecular formula is C21H20N4O3S. The second-order valence-electron chi connectivity index (χ2n) is 6.64. The van der Waals surface area contributed by atoms with Crippen molar-refractivity contribution in [3.63, 3.8) is 0 Å². The van der Waals surface area contributed by atoms with Crippen molar-refractivity contribution in [2.75, 3.05) is 23.0 Å². The normalized spacial score (nSPS) is 13.7. The molecule has 148 valence electrons. The molecule has 1 aliphatic rings. The van der Waals surface area contributed by atoms with E-state index in [1.54, 1.807) is 42.4 Å². The molecule has 29 heavy (non-hydrogen) atoms. The number of benzene rings is 1. The second kappa shape index (κ2) is 8.08. The number of furan rings is 1. The second-order valence-corrected chi connectivity index (χ2v) is 7.44. The van der Waals surface area contributed by atoms with Crippen LogP contribution in [-0.2, 0) is 4.79 Å². The summed E-state index contributed by atoms with van der Waals surface area (Å²) in [6.45, 7) is 2.52. The summed E-state index contributed by atoms with van der Waals surface area (Å²) in [5, 5.41) is 3.48. The van der Waals surface area contributed by atoms with E-state index in [0.29, 0.717) is 40.0 Å². The molecule has 0 atom stereocenters. The molecule has 8 heteroatoms. The standard InChI is InChI=1S/C21H20N4O3S/c1-13-18(21(29-2)24-19(22-13)16-5-4-12-28-16)20(27)23-14-7-9-15(10-8-14)25-11-3-6-17(25)26/h4-5,7-10,12H,3,6,11H2,1-2H3,(H,23,27). The number of aryl methyl sites for hydroxylation is 1. The summed E-state index contributed by atoms with van der Waals surface area (Å²) in [6.07, 6.45) is 4.89. The van der Waals surface area contributed by atoms with Crippen molar-refractivity contribution in [1.82, 2.24) is 9.97 Å². The maximum atomic E-state index is 12.9. The van der Waals surface area contributed by atoms with Crippen LogP contribution in [0, 0.1) is 6.92 Å². The first-order valence-corrected chi connectivity index (χ1v) is 10.5. The van der Waals surface area contributed by atoms with E-state index in [0.717, 1.165) is 18.7 Å². The molecule has 0 bridgehead atoms. The number of rotatable bonds is 5. The van der Waals surface area contributed by atoms with Crippen molar-refractivity contribution < 1.29 is 14.0 Å². The Morgan fingerprint density at radius 3 is 2.62 bits per heavy atom. The first kappa shape index (κ1) is 19.2. The van der Waals surface area contributed by atoms with Gasteiger partial charge in [-0.3, -0.25) is 9.59 Å². The monoisotopic (exact) mass is 408 g/mol. The Kier molecular flexibility index (Phi) is 5.35. The number of carbonyl (C=O) groups is 2. The predicted octanol–water partition coefficient (Wildman–Crippen LogP) is 4.15. The summed E-state index contributed by atoms with van der Waals surface area (Å²) in [4.78, 5) is 35.5. The van der Waals surface area contributed by atoms with E-state index >= 15 is 0 Å². The maximum absolute atomic E-state index is 12.9. The number of thioether (sulfide) groups is 1. The minimum Gasteiger partial charge on any atom is -0.461 e. The maximum Gasteiger partial charge on any atom is 0.260 e. The van der Waals surface area contributed by atoms with Gasteiger partial charge in [-0.25, -0.2) is 9.97 Å². The van der Waals surface area contributed by atoms with Gasteiger partial charge < -0.3 is 14.6 Å². The number of anilines is 2. The topological polar surface area (TPSA) is 88.3 Å². The van der Waals surface area contributed by atoms with Crippen LogP contribution < -0.4 is 10.2 Å². The van der Waals surface area contributed by atoms with E-state index in [1.165, 1.54) is 11.8 Å². The Hall–Kier alpha value is -3.13. The molecular weight excluding hydrogens is 388 g/mol. The average molecular weight is 408 g/mol. The van der Waals surface area contributed by atoms with E-state index in [4.69, 9.17) is 4.42 Å². The van der Waals surface area contributed by atoms with E-state index < -0.39 is 0 Å². The molecule has 1 N–H and O–H groups in total. The highest BCUT2D eigenvalue weighted by Crippen LogP contribution is 2.27. The van der Waals surface area contributed by atoms with Gasteiger partial charge in [0.1, 0.15) is 5.03 Å². The van der Waals surface area contributed by atoms with Crippen molar-refractivity contribution in [2.24, 2.45) is 0 Å². The van der Waals surface area contributed by atoms with E-state index in [2.05, 4.69) is 15.3 Å². The van der Waals surface area contributed by atoms with Crippen LogP contribution in [0.1, 0.15) is 28.9 Å². The van der Waals surface area contributed by atoms with Gasteiger partial charge in [-0.1, -0.05) is 0 Å². The smallest absolute Gasteiger partial charge is 0.260 e. The van der Waals surface area contributed by atoms with Gasteiger partial charge >= 0.3 is 0 Å². The molecule has 3 aromatic rings. The molecule has 0 spiro atoms. The summed E-state index contributed by atoms with van der Waals surface area (Å²) in [7, 11) is 0. The molecule has 0 saturated carbocycles. The number of carbonyl (C=O) groups excluding carboxylic acids is 2. The van der Waals surface area contributed by atoms with Crippen LogP contribution in [0.3, 0.4) is 0 Å².